The number of carbonyl (C=O) groups excluding carboxylic acids is 1. The van der Waals surface area contributed by atoms with Crippen molar-refractivity contribution in [2.75, 3.05) is 0 Å². The van der Waals surface area contributed by atoms with Crippen molar-refractivity contribution in [2.24, 2.45) is 0 Å². The van der Waals surface area contributed by atoms with E-state index in [0.717, 1.165) is 19.1 Å². The molecule has 0 saturated heterocycles. The first-order valence-electron chi connectivity index (χ1n) is 3.62. The van der Waals surface area contributed by atoms with Crippen LogP contribution in [0.25, 0.3) is 0 Å². The summed E-state index contributed by atoms with van der Waals surface area (Å²) in [6.45, 7) is 3.45. The molecule has 0 rings (SSSR count). The van der Waals surface area contributed by atoms with Gasteiger partial charge in [-0.15, -0.1) is 0 Å². The monoisotopic (exact) mass is 148 g/mol. The predicted molar refractivity (Wildman–Crippen MR) is 47.0 cm³/mol. The zero-order valence-corrected chi connectivity index (χ0v) is 6.55. The minimum Gasteiger partial charge on any atom is -0.303 e. The molecule has 0 aliphatic heterocycles. The van der Waals surface area contributed by atoms with Gasteiger partial charge in [0.25, 0.3) is 0 Å². The molecule has 0 aliphatic rings. The minimum absolute atomic E-state index is 0.638. The molecule has 0 fully saturated rings. The fraction of sp³-hybridized carbons (Fsp3) is 0.300. The van der Waals surface area contributed by atoms with Crippen molar-refractivity contribution in [2.45, 2.75) is 19.3 Å². The highest BCUT2D eigenvalue weighted by molar-refractivity contribution is 5.49. The fourth-order valence-electron chi connectivity index (χ4n) is 0.568. The third kappa shape index (κ3) is 8.71. The van der Waals surface area contributed by atoms with Gasteiger partial charge in [-0.1, -0.05) is 24.5 Å². The lowest BCUT2D eigenvalue weighted by molar-refractivity contribution is -0.107. The molecule has 0 aromatic heterocycles. The molecule has 1 nitrogen and oxygen atoms in total. The van der Waals surface area contributed by atoms with Gasteiger partial charge in [-0.2, -0.15) is 0 Å². The second-order valence-electron chi connectivity index (χ2n) is 1.99. The number of hydrogen-bond donors (Lipinski definition) is 0. The van der Waals surface area contributed by atoms with Gasteiger partial charge in [-0.3, -0.25) is 0 Å². The van der Waals surface area contributed by atoms with E-state index in [2.05, 4.69) is 18.4 Å². The lowest BCUT2D eigenvalue weighted by atomic mass is 10.2. The Morgan fingerprint density at radius 1 is 1.27 bits per heavy atom. The fourth-order valence-corrected chi connectivity index (χ4v) is 0.568. The largest absolute Gasteiger partial charge is 0.303 e. The van der Waals surface area contributed by atoms with Crippen LogP contribution in [0.4, 0.5) is 0 Å². The van der Waals surface area contributed by atoms with Crippen LogP contribution in [0.1, 0.15) is 19.3 Å². The average molecular weight is 148 g/mol. The molecule has 0 spiro atoms. The van der Waals surface area contributed by atoms with E-state index in [-0.39, 0.29) is 0 Å². The SMILES string of the molecule is C=CC#CC=CCCCC=O. The number of carbonyl (C=O) groups is 1. The third-order valence-electron chi connectivity index (χ3n) is 1.08. The van der Waals surface area contributed by atoms with Crippen molar-refractivity contribution >= 4 is 6.29 Å². The maximum atomic E-state index is 9.87. The number of unbranched alkanes of at least 4 members (excludes halogenated alkanes) is 2. The molecular weight excluding hydrogens is 136 g/mol. The summed E-state index contributed by atoms with van der Waals surface area (Å²) >= 11 is 0. The molecule has 0 aromatic rings. The lowest BCUT2D eigenvalue weighted by Crippen LogP contribution is -1.72. The summed E-state index contributed by atoms with van der Waals surface area (Å²) in [5, 5.41) is 0. The lowest BCUT2D eigenvalue weighted by Gasteiger charge is -1.83. The minimum atomic E-state index is 0.638. The van der Waals surface area contributed by atoms with Gasteiger partial charge in [0, 0.05) is 6.42 Å². The second kappa shape index (κ2) is 8.71. The molecule has 0 unspecified atom stereocenters. The molecule has 0 atom stereocenters. The first kappa shape index (κ1) is 9.71. The average Bonchev–Trinajstić information content (AvgIpc) is 2.03. The molecule has 0 amide bonds. The van der Waals surface area contributed by atoms with Gasteiger partial charge >= 0.3 is 0 Å². The van der Waals surface area contributed by atoms with Gasteiger partial charge < -0.3 is 4.79 Å². The Kier molecular flexibility index (Phi) is 7.69. The van der Waals surface area contributed by atoms with Crippen LogP contribution in [0, 0.1) is 11.8 Å². The van der Waals surface area contributed by atoms with E-state index in [1.165, 1.54) is 0 Å². The van der Waals surface area contributed by atoms with Crippen LogP contribution in [0.3, 0.4) is 0 Å². The van der Waals surface area contributed by atoms with Crippen LogP contribution in [0.15, 0.2) is 24.8 Å². The van der Waals surface area contributed by atoms with Gasteiger partial charge in [0.05, 0.1) is 0 Å². The maximum absolute atomic E-state index is 9.87. The second-order valence-corrected chi connectivity index (χ2v) is 1.99. The van der Waals surface area contributed by atoms with Crippen molar-refractivity contribution in [3.05, 3.63) is 24.8 Å². The van der Waals surface area contributed by atoms with E-state index in [0.29, 0.717) is 6.42 Å². The molecule has 11 heavy (non-hydrogen) atoms. The molecule has 0 bridgehead atoms. The van der Waals surface area contributed by atoms with Crippen molar-refractivity contribution in [1.82, 2.24) is 0 Å². The summed E-state index contributed by atoms with van der Waals surface area (Å²) in [5.74, 6) is 5.47. The van der Waals surface area contributed by atoms with E-state index < -0.39 is 0 Å². The highest BCUT2D eigenvalue weighted by atomic mass is 16.1. The Hall–Kier alpha value is -1.29. The molecule has 0 radical (unpaired) electrons. The predicted octanol–water partition coefficient (Wildman–Crippen LogP) is 2.10. The molecule has 0 heterocycles. The molecule has 58 valence electrons. The van der Waals surface area contributed by atoms with Crippen LogP contribution in [0.2, 0.25) is 0 Å². The van der Waals surface area contributed by atoms with E-state index in [4.69, 9.17) is 0 Å². The third-order valence-corrected chi connectivity index (χ3v) is 1.08. The van der Waals surface area contributed by atoms with Crippen molar-refractivity contribution in [1.29, 1.82) is 0 Å². The zero-order valence-electron chi connectivity index (χ0n) is 6.55. The van der Waals surface area contributed by atoms with Gasteiger partial charge in [0.15, 0.2) is 0 Å². The highest BCUT2D eigenvalue weighted by Crippen LogP contribution is 1.92. The Labute approximate surface area is 67.8 Å². The highest BCUT2D eigenvalue weighted by Gasteiger charge is 1.79. The first-order valence-corrected chi connectivity index (χ1v) is 3.62. The van der Waals surface area contributed by atoms with Gasteiger partial charge in [0.1, 0.15) is 6.29 Å². The van der Waals surface area contributed by atoms with Crippen LogP contribution in [-0.2, 0) is 4.79 Å². The van der Waals surface area contributed by atoms with Crippen LogP contribution in [-0.4, -0.2) is 6.29 Å². The molecule has 0 saturated carbocycles. The first-order chi connectivity index (χ1) is 5.41. The summed E-state index contributed by atoms with van der Waals surface area (Å²) in [4.78, 5) is 9.87. The molecular formula is C10H12O. The van der Waals surface area contributed by atoms with Crippen molar-refractivity contribution in [3.8, 4) is 11.8 Å². The quantitative estimate of drug-likeness (QED) is 0.339. The topological polar surface area (TPSA) is 17.1 Å². The molecule has 0 N–H and O–H groups in total. The Morgan fingerprint density at radius 2 is 2.09 bits per heavy atom. The Morgan fingerprint density at radius 3 is 2.73 bits per heavy atom. The summed E-state index contributed by atoms with van der Waals surface area (Å²) in [5.41, 5.74) is 0. The smallest absolute Gasteiger partial charge is 0.120 e. The molecule has 0 aliphatic carbocycles. The summed E-state index contributed by atoms with van der Waals surface area (Å²) in [7, 11) is 0. The van der Waals surface area contributed by atoms with Crippen LogP contribution in [0.5, 0.6) is 0 Å². The van der Waals surface area contributed by atoms with Gasteiger partial charge in [-0.25, -0.2) is 0 Å². The summed E-state index contributed by atoms with van der Waals surface area (Å²) in [6.07, 6.45) is 8.70. The number of rotatable bonds is 4. The molecule has 1 heteroatoms. The zero-order chi connectivity index (χ0) is 8.36. The number of hydrogen-bond acceptors (Lipinski definition) is 1. The van der Waals surface area contributed by atoms with Gasteiger partial charge in [-0.05, 0) is 25.0 Å². The van der Waals surface area contributed by atoms with E-state index in [1.54, 1.807) is 12.2 Å². The van der Waals surface area contributed by atoms with Crippen molar-refractivity contribution in [3.63, 3.8) is 0 Å². The normalized spacial score (nSPS) is 8.73. The number of allylic oxidation sites excluding steroid dienone is 3. The van der Waals surface area contributed by atoms with E-state index in [9.17, 15) is 4.79 Å². The van der Waals surface area contributed by atoms with Gasteiger partial charge in [0.2, 0.25) is 0 Å². The van der Waals surface area contributed by atoms with Crippen LogP contribution >= 0.6 is 0 Å². The number of aldehydes is 1. The van der Waals surface area contributed by atoms with Crippen molar-refractivity contribution < 1.29 is 4.79 Å². The standard InChI is InChI=1S/C10H12O/c1-2-3-4-5-6-7-8-9-10-11/h2,5-6,10H,1,7-9H2. The maximum Gasteiger partial charge on any atom is 0.120 e. The van der Waals surface area contributed by atoms with E-state index in [1.807, 2.05) is 6.08 Å². The summed E-state index contributed by atoms with van der Waals surface area (Å²) < 4.78 is 0. The molecule has 0 aromatic carbocycles. The Balaban J connectivity index is 3.29. The van der Waals surface area contributed by atoms with Crippen LogP contribution < -0.4 is 0 Å². The van der Waals surface area contributed by atoms with E-state index >= 15 is 0 Å². The Bertz CT molecular complexity index is 191. The summed E-state index contributed by atoms with van der Waals surface area (Å²) in [6, 6.07) is 0.